The van der Waals surface area contributed by atoms with Gasteiger partial charge in [0.15, 0.2) is 5.82 Å². The van der Waals surface area contributed by atoms with Gasteiger partial charge in [0.05, 0.1) is 12.1 Å². The van der Waals surface area contributed by atoms with E-state index in [0.29, 0.717) is 30.4 Å². The molecule has 1 fully saturated rings. The summed E-state index contributed by atoms with van der Waals surface area (Å²) in [5, 5.41) is 0. The molecule has 2 aromatic heterocycles. The molecule has 3 heterocycles. The van der Waals surface area contributed by atoms with E-state index in [-0.39, 0.29) is 17.6 Å². The van der Waals surface area contributed by atoms with Crippen molar-refractivity contribution in [3.8, 4) is 5.88 Å². The van der Waals surface area contributed by atoms with Gasteiger partial charge in [-0.3, -0.25) is 9.59 Å². The number of ether oxygens (including phenoxy) is 1. The van der Waals surface area contributed by atoms with Gasteiger partial charge in [0.2, 0.25) is 5.56 Å². The summed E-state index contributed by atoms with van der Waals surface area (Å²) in [5.41, 5.74) is 0.240. The molecule has 1 saturated heterocycles. The van der Waals surface area contributed by atoms with E-state index in [9.17, 15) is 9.59 Å². The number of aromatic nitrogens is 3. The Labute approximate surface area is 145 Å². The Balaban J connectivity index is 1.70. The van der Waals surface area contributed by atoms with Gasteiger partial charge in [0.25, 0.3) is 11.8 Å². The first kappa shape index (κ1) is 16.9. The maximum absolute atomic E-state index is 12.6. The van der Waals surface area contributed by atoms with Crippen LogP contribution in [-0.4, -0.2) is 59.0 Å². The topological polar surface area (TPSA) is 91.4 Å². The minimum absolute atomic E-state index is 0.114. The molecule has 0 bridgehead atoms. The molecule has 0 radical (unpaired) electrons. The van der Waals surface area contributed by atoms with Crippen LogP contribution >= 0.6 is 0 Å². The summed E-state index contributed by atoms with van der Waals surface area (Å²) in [4.78, 5) is 38.4. The van der Waals surface area contributed by atoms with Crippen molar-refractivity contribution < 1.29 is 9.53 Å². The van der Waals surface area contributed by atoms with E-state index in [1.807, 2.05) is 19.0 Å². The van der Waals surface area contributed by atoms with Gasteiger partial charge in [0.1, 0.15) is 6.10 Å². The molecule has 1 aliphatic rings. The number of pyridine rings is 1. The first-order valence-corrected chi connectivity index (χ1v) is 8.17. The van der Waals surface area contributed by atoms with E-state index in [2.05, 4.69) is 15.0 Å². The number of amides is 1. The molecule has 2 aromatic rings. The molecular weight excluding hydrogens is 322 g/mol. The number of nitrogens with one attached hydrogen (secondary N) is 1. The van der Waals surface area contributed by atoms with Crippen LogP contribution in [0.2, 0.25) is 0 Å². The lowest BCUT2D eigenvalue weighted by Gasteiger charge is -2.33. The predicted octanol–water partition coefficient (Wildman–Crippen LogP) is 0.914. The van der Waals surface area contributed by atoms with Gasteiger partial charge >= 0.3 is 0 Å². The summed E-state index contributed by atoms with van der Waals surface area (Å²) < 4.78 is 6.02. The Hall–Kier alpha value is -2.90. The number of nitrogens with zero attached hydrogens (tertiary/aromatic N) is 4. The van der Waals surface area contributed by atoms with E-state index < -0.39 is 0 Å². The average Bonchev–Trinajstić information content (AvgIpc) is 2.62. The number of carbonyl (C=O) groups is 1. The van der Waals surface area contributed by atoms with Crippen LogP contribution in [0.15, 0.2) is 35.5 Å². The van der Waals surface area contributed by atoms with Crippen LogP contribution in [0.25, 0.3) is 0 Å². The fourth-order valence-electron chi connectivity index (χ4n) is 2.81. The number of aromatic amines is 1. The first-order valence-electron chi connectivity index (χ1n) is 8.17. The third kappa shape index (κ3) is 3.96. The maximum Gasteiger partial charge on any atom is 0.257 e. The SMILES string of the molecule is CN(C)c1nccnc1O[C@H]1CCCN(C(=O)c2ccc(=O)[nH]c2)C1. The zero-order chi connectivity index (χ0) is 17.8. The highest BCUT2D eigenvalue weighted by molar-refractivity contribution is 5.93. The molecule has 1 N–H and O–H groups in total. The lowest BCUT2D eigenvalue weighted by Crippen LogP contribution is -2.44. The number of anilines is 1. The zero-order valence-electron chi connectivity index (χ0n) is 14.3. The van der Waals surface area contributed by atoms with Gasteiger partial charge in [0, 0.05) is 45.3 Å². The summed E-state index contributed by atoms with van der Waals surface area (Å²) in [6, 6.07) is 2.90. The van der Waals surface area contributed by atoms with Crippen molar-refractivity contribution in [3.63, 3.8) is 0 Å². The highest BCUT2D eigenvalue weighted by Crippen LogP contribution is 2.24. The lowest BCUT2D eigenvalue weighted by molar-refractivity contribution is 0.0528. The number of H-pyrrole nitrogens is 1. The number of hydrogen-bond acceptors (Lipinski definition) is 6. The Morgan fingerprint density at radius 1 is 1.32 bits per heavy atom. The summed E-state index contributed by atoms with van der Waals surface area (Å²) >= 11 is 0. The Morgan fingerprint density at radius 2 is 2.12 bits per heavy atom. The van der Waals surface area contributed by atoms with E-state index in [1.54, 1.807) is 23.4 Å². The smallest absolute Gasteiger partial charge is 0.257 e. The van der Waals surface area contributed by atoms with Crippen LogP contribution in [-0.2, 0) is 0 Å². The summed E-state index contributed by atoms with van der Waals surface area (Å²) in [5.74, 6) is 1.01. The second-order valence-electron chi connectivity index (χ2n) is 6.15. The highest BCUT2D eigenvalue weighted by Gasteiger charge is 2.27. The maximum atomic E-state index is 12.6. The summed E-state index contributed by atoms with van der Waals surface area (Å²) in [6.45, 7) is 1.14. The second kappa shape index (κ2) is 7.33. The average molecular weight is 343 g/mol. The van der Waals surface area contributed by atoms with Crippen molar-refractivity contribution >= 4 is 11.7 Å². The fraction of sp³-hybridized carbons (Fsp3) is 0.412. The zero-order valence-corrected chi connectivity index (χ0v) is 14.3. The van der Waals surface area contributed by atoms with Crippen LogP contribution in [0.3, 0.4) is 0 Å². The summed E-state index contributed by atoms with van der Waals surface area (Å²) in [6.07, 6.45) is 6.21. The van der Waals surface area contributed by atoms with Crippen molar-refractivity contribution in [1.82, 2.24) is 19.9 Å². The van der Waals surface area contributed by atoms with Crippen molar-refractivity contribution in [2.24, 2.45) is 0 Å². The number of carbonyl (C=O) groups excluding carboxylic acids is 1. The minimum Gasteiger partial charge on any atom is -0.470 e. The van der Waals surface area contributed by atoms with Gasteiger partial charge in [-0.15, -0.1) is 0 Å². The van der Waals surface area contributed by atoms with Crippen molar-refractivity contribution in [1.29, 1.82) is 0 Å². The van der Waals surface area contributed by atoms with Crippen molar-refractivity contribution in [2.45, 2.75) is 18.9 Å². The molecule has 0 aromatic carbocycles. The molecule has 0 aliphatic carbocycles. The van der Waals surface area contributed by atoms with E-state index in [1.165, 1.54) is 12.3 Å². The van der Waals surface area contributed by atoms with Crippen molar-refractivity contribution in [2.75, 3.05) is 32.1 Å². The lowest BCUT2D eigenvalue weighted by atomic mass is 10.1. The number of likely N-dealkylation sites (tertiary alicyclic amines) is 1. The minimum atomic E-state index is -0.227. The number of hydrogen-bond donors (Lipinski definition) is 1. The van der Waals surface area contributed by atoms with Gasteiger partial charge in [-0.25, -0.2) is 9.97 Å². The molecule has 3 rings (SSSR count). The molecule has 0 unspecified atom stereocenters. The predicted molar refractivity (Wildman–Crippen MR) is 93.0 cm³/mol. The Morgan fingerprint density at radius 3 is 2.84 bits per heavy atom. The molecule has 8 heteroatoms. The molecule has 25 heavy (non-hydrogen) atoms. The molecular formula is C17H21N5O3. The van der Waals surface area contributed by atoms with Gasteiger partial charge in [-0.2, -0.15) is 0 Å². The van der Waals surface area contributed by atoms with E-state index in [0.717, 1.165) is 12.8 Å². The second-order valence-corrected chi connectivity index (χ2v) is 6.15. The normalized spacial score (nSPS) is 17.2. The Kier molecular flexibility index (Phi) is 4.97. The first-order chi connectivity index (χ1) is 12.0. The standard InChI is InChI=1S/C17H21N5O3/c1-21(2)15-16(19-8-7-18-15)25-13-4-3-9-22(11-13)17(24)12-5-6-14(23)20-10-12/h5-8,10,13H,3-4,9,11H2,1-2H3,(H,20,23)/t13-/m0/s1. The fourth-order valence-corrected chi connectivity index (χ4v) is 2.81. The van der Waals surface area contributed by atoms with Gasteiger partial charge < -0.3 is 19.5 Å². The Bertz CT molecular complexity index is 784. The van der Waals surface area contributed by atoms with Crippen molar-refractivity contribution in [3.05, 3.63) is 46.6 Å². The molecule has 1 aliphatic heterocycles. The molecule has 8 nitrogen and oxygen atoms in total. The van der Waals surface area contributed by atoms with Gasteiger partial charge in [-0.1, -0.05) is 0 Å². The van der Waals surface area contributed by atoms with Crippen LogP contribution in [0.1, 0.15) is 23.2 Å². The van der Waals surface area contributed by atoms with Crippen LogP contribution in [0, 0.1) is 0 Å². The monoisotopic (exact) mass is 343 g/mol. The molecule has 0 spiro atoms. The largest absolute Gasteiger partial charge is 0.470 e. The number of piperidine rings is 1. The molecule has 1 atom stereocenters. The highest BCUT2D eigenvalue weighted by atomic mass is 16.5. The quantitative estimate of drug-likeness (QED) is 0.887. The van der Waals surface area contributed by atoms with Crippen LogP contribution in [0.5, 0.6) is 5.88 Å². The van der Waals surface area contributed by atoms with Crippen LogP contribution in [0.4, 0.5) is 5.82 Å². The molecule has 132 valence electrons. The number of rotatable bonds is 4. The molecule has 1 amide bonds. The van der Waals surface area contributed by atoms with Crippen LogP contribution < -0.4 is 15.2 Å². The summed E-state index contributed by atoms with van der Waals surface area (Å²) in [7, 11) is 3.76. The third-order valence-corrected chi connectivity index (χ3v) is 4.04. The van der Waals surface area contributed by atoms with E-state index >= 15 is 0 Å². The third-order valence-electron chi connectivity index (χ3n) is 4.04. The molecule has 0 saturated carbocycles. The van der Waals surface area contributed by atoms with Gasteiger partial charge in [-0.05, 0) is 18.9 Å². The van der Waals surface area contributed by atoms with E-state index in [4.69, 9.17) is 4.74 Å².